The summed E-state index contributed by atoms with van der Waals surface area (Å²) in [6.45, 7) is 0. The molecule has 1 aromatic carbocycles. The first-order valence-electron chi connectivity index (χ1n) is 3.83. The van der Waals surface area contributed by atoms with Gasteiger partial charge in [0, 0.05) is 4.47 Å². The average molecular weight is 279 g/mol. The van der Waals surface area contributed by atoms with Gasteiger partial charge in [0.1, 0.15) is 5.75 Å². The minimum absolute atomic E-state index is 0.114. The van der Waals surface area contributed by atoms with Crippen LogP contribution in [0.5, 0.6) is 5.75 Å². The summed E-state index contributed by atoms with van der Waals surface area (Å²) in [5.41, 5.74) is 6.42. The molecule has 0 aliphatic rings. The van der Waals surface area contributed by atoms with Crippen LogP contribution in [-0.2, 0) is 0 Å². The van der Waals surface area contributed by atoms with Crippen molar-refractivity contribution in [1.29, 1.82) is 0 Å². The van der Waals surface area contributed by atoms with E-state index in [1.54, 1.807) is 12.1 Å². The molecule has 2 N–H and O–H groups in total. The molecular weight excluding hydrogens is 269 g/mol. The molecule has 0 aliphatic heterocycles. The Balaban J connectivity index is 3.35. The molecule has 0 bridgehead atoms. The van der Waals surface area contributed by atoms with Crippen LogP contribution in [0.4, 0.5) is 5.69 Å². The fourth-order valence-electron chi connectivity index (χ4n) is 1.10. The molecule has 0 saturated heterocycles. The topological polar surface area (TPSA) is 52.3 Å². The van der Waals surface area contributed by atoms with Gasteiger partial charge in [-0.2, -0.15) is 0 Å². The molecule has 1 aromatic rings. The van der Waals surface area contributed by atoms with E-state index in [0.717, 1.165) is 0 Å². The minimum Gasteiger partial charge on any atom is -0.496 e. The fraction of sp³-hybridized carbons (Fsp3) is 0.222. The summed E-state index contributed by atoms with van der Waals surface area (Å²) < 4.78 is 5.68. The SMILES string of the molecule is COc1ccc(Br)c(N)c1C(=O)CCl. The Morgan fingerprint density at radius 1 is 1.64 bits per heavy atom. The van der Waals surface area contributed by atoms with Crippen molar-refractivity contribution in [1.82, 2.24) is 0 Å². The maximum Gasteiger partial charge on any atom is 0.183 e. The van der Waals surface area contributed by atoms with Crippen molar-refractivity contribution in [3.8, 4) is 5.75 Å². The summed E-state index contributed by atoms with van der Waals surface area (Å²) in [7, 11) is 1.48. The average Bonchev–Trinajstić information content (AvgIpc) is 2.20. The smallest absolute Gasteiger partial charge is 0.183 e. The lowest BCUT2D eigenvalue weighted by Gasteiger charge is -2.10. The van der Waals surface area contributed by atoms with Gasteiger partial charge >= 0.3 is 0 Å². The van der Waals surface area contributed by atoms with Gasteiger partial charge in [-0.25, -0.2) is 0 Å². The van der Waals surface area contributed by atoms with Gasteiger partial charge in [0.25, 0.3) is 0 Å². The van der Waals surface area contributed by atoms with Gasteiger partial charge in [0.2, 0.25) is 0 Å². The number of carbonyl (C=O) groups is 1. The van der Waals surface area contributed by atoms with Gasteiger partial charge in [-0.3, -0.25) is 4.79 Å². The third-order valence-electron chi connectivity index (χ3n) is 1.77. The van der Waals surface area contributed by atoms with Gasteiger partial charge in [0.05, 0.1) is 24.2 Å². The molecule has 0 amide bonds. The van der Waals surface area contributed by atoms with Crippen LogP contribution in [0, 0.1) is 0 Å². The molecule has 76 valence electrons. The number of Topliss-reactive ketones (excluding diaryl/α,β-unsaturated/α-hetero) is 1. The summed E-state index contributed by atoms with van der Waals surface area (Å²) in [4.78, 5) is 11.5. The van der Waals surface area contributed by atoms with E-state index in [0.29, 0.717) is 21.5 Å². The molecule has 5 heteroatoms. The Morgan fingerprint density at radius 3 is 2.79 bits per heavy atom. The summed E-state index contributed by atoms with van der Waals surface area (Å²) in [5, 5.41) is 0. The number of anilines is 1. The number of alkyl halides is 1. The van der Waals surface area contributed by atoms with E-state index in [1.165, 1.54) is 7.11 Å². The first kappa shape index (κ1) is 11.3. The number of carbonyl (C=O) groups excluding carboxylic acids is 1. The Kier molecular flexibility index (Phi) is 3.77. The molecule has 3 nitrogen and oxygen atoms in total. The second-order valence-corrected chi connectivity index (χ2v) is 3.72. The number of nitrogen functional groups attached to an aromatic ring is 1. The van der Waals surface area contributed by atoms with E-state index >= 15 is 0 Å². The summed E-state index contributed by atoms with van der Waals surface area (Å²) in [6.07, 6.45) is 0. The first-order valence-corrected chi connectivity index (χ1v) is 5.15. The zero-order chi connectivity index (χ0) is 10.7. The molecule has 1 rings (SSSR count). The van der Waals surface area contributed by atoms with E-state index in [4.69, 9.17) is 22.1 Å². The molecule has 0 radical (unpaired) electrons. The summed E-state index contributed by atoms with van der Waals surface area (Å²) in [5.74, 6) is 0.0791. The van der Waals surface area contributed by atoms with E-state index in [2.05, 4.69) is 15.9 Å². The van der Waals surface area contributed by atoms with E-state index in [9.17, 15) is 4.79 Å². The predicted molar refractivity (Wildman–Crippen MR) is 60.2 cm³/mol. The molecule has 0 atom stereocenters. The fourth-order valence-corrected chi connectivity index (χ4v) is 1.56. The Labute approximate surface area is 95.3 Å². The highest BCUT2D eigenvalue weighted by Gasteiger charge is 2.16. The molecule has 0 spiro atoms. The number of hydrogen-bond donors (Lipinski definition) is 1. The molecule has 14 heavy (non-hydrogen) atoms. The monoisotopic (exact) mass is 277 g/mol. The Hall–Kier alpha value is -0.740. The number of nitrogens with two attached hydrogens (primary N) is 1. The van der Waals surface area contributed by atoms with Crippen molar-refractivity contribution < 1.29 is 9.53 Å². The van der Waals surface area contributed by atoms with Crippen LogP contribution in [0.25, 0.3) is 0 Å². The number of methoxy groups -OCH3 is 1. The summed E-state index contributed by atoms with van der Waals surface area (Å²) >= 11 is 8.69. The van der Waals surface area contributed by atoms with Crippen molar-refractivity contribution in [2.24, 2.45) is 0 Å². The van der Waals surface area contributed by atoms with Crippen molar-refractivity contribution in [2.75, 3.05) is 18.7 Å². The van der Waals surface area contributed by atoms with E-state index in [1.807, 2.05) is 0 Å². The highest BCUT2D eigenvalue weighted by Crippen LogP contribution is 2.31. The molecule has 0 aliphatic carbocycles. The second-order valence-electron chi connectivity index (χ2n) is 2.60. The van der Waals surface area contributed by atoms with Crippen molar-refractivity contribution >= 4 is 39.0 Å². The van der Waals surface area contributed by atoms with Crippen LogP contribution in [0.2, 0.25) is 0 Å². The molecule has 0 heterocycles. The maximum absolute atomic E-state index is 11.5. The molecule has 0 saturated carbocycles. The minimum atomic E-state index is -0.248. The van der Waals surface area contributed by atoms with Crippen molar-refractivity contribution in [3.63, 3.8) is 0 Å². The Bertz CT molecular complexity index is 368. The predicted octanol–water partition coefficient (Wildman–Crippen LogP) is 2.46. The number of hydrogen-bond acceptors (Lipinski definition) is 3. The van der Waals surface area contributed by atoms with Gasteiger partial charge in [0.15, 0.2) is 5.78 Å². The van der Waals surface area contributed by atoms with Crippen LogP contribution >= 0.6 is 27.5 Å². The normalized spacial score (nSPS) is 9.93. The third kappa shape index (κ3) is 2.01. The number of halogens is 2. The van der Waals surface area contributed by atoms with Crippen LogP contribution in [0.1, 0.15) is 10.4 Å². The van der Waals surface area contributed by atoms with Gasteiger partial charge in [-0.15, -0.1) is 11.6 Å². The Morgan fingerprint density at radius 2 is 2.29 bits per heavy atom. The van der Waals surface area contributed by atoms with Gasteiger partial charge in [-0.05, 0) is 28.1 Å². The van der Waals surface area contributed by atoms with Crippen molar-refractivity contribution in [2.45, 2.75) is 0 Å². The lowest BCUT2D eigenvalue weighted by atomic mass is 10.1. The zero-order valence-electron chi connectivity index (χ0n) is 7.51. The first-order chi connectivity index (χ1) is 6.61. The zero-order valence-corrected chi connectivity index (χ0v) is 9.85. The number of benzene rings is 1. The number of ketones is 1. The van der Waals surface area contributed by atoms with Gasteiger partial charge in [-0.1, -0.05) is 0 Å². The van der Waals surface area contributed by atoms with E-state index in [-0.39, 0.29) is 11.7 Å². The van der Waals surface area contributed by atoms with Crippen LogP contribution in [-0.4, -0.2) is 18.8 Å². The highest BCUT2D eigenvalue weighted by molar-refractivity contribution is 9.10. The summed E-state index contributed by atoms with van der Waals surface area (Å²) in [6, 6.07) is 3.39. The number of ether oxygens (including phenoxy) is 1. The molecule has 0 fully saturated rings. The van der Waals surface area contributed by atoms with Crippen LogP contribution in [0.15, 0.2) is 16.6 Å². The van der Waals surface area contributed by atoms with E-state index < -0.39 is 0 Å². The van der Waals surface area contributed by atoms with Crippen LogP contribution in [0.3, 0.4) is 0 Å². The quantitative estimate of drug-likeness (QED) is 0.525. The van der Waals surface area contributed by atoms with Gasteiger partial charge < -0.3 is 10.5 Å². The highest BCUT2D eigenvalue weighted by atomic mass is 79.9. The third-order valence-corrected chi connectivity index (χ3v) is 2.71. The molecular formula is C9H9BrClNO2. The van der Waals surface area contributed by atoms with Crippen LogP contribution < -0.4 is 10.5 Å². The largest absolute Gasteiger partial charge is 0.496 e. The number of rotatable bonds is 3. The lowest BCUT2D eigenvalue weighted by molar-refractivity contribution is 0.101. The lowest BCUT2D eigenvalue weighted by Crippen LogP contribution is -2.08. The standard InChI is InChI=1S/C9H9BrClNO2/c1-14-7-3-2-5(10)9(12)8(7)6(13)4-11/h2-3H,4,12H2,1H3. The molecule has 0 aromatic heterocycles. The maximum atomic E-state index is 11.5. The van der Waals surface area contributed by atoms with Crippen molar-refractivity contribution in [3.05, 3.63) is 22.2 Å². The second kappa shape index (κ2) is 4.66. The molecule has 0 unspecified atom stereocenters.